The Morgan fingerprint density at radius 2 is 1.90 bits per heavy atom. The molecular formula is C15H22N2O3. The number of hydrogen-bond donors (Lipinski definition) is 1. The van der Waals surface area contributed by atoms with E-state index in [9.17, 15) is 9.59 Å². The second-order valence-corrected chi connectivity index (χ2v) is 4.35. The number of nitrogens with one attached hydrogen (secondary N) is 1. The third-order valence-corrected chi connectivity index (χ3v) is 3.04. The smallest absolute Gasteiger partial charge is 0.306 e. The van der Waals surface area contributed by atoms with Crippen LogP contribution in [0.15, 0.2) is 24.3 Å². The van der Waals surface area contributed by atoms with Crippen LogP contribution in [0.1, 0.15) is 26.7 Å². The normalized spacial score (nSPS) is 9.95. The number of anilines is 2. The van der Waals surface area contributed by atoms with Gasteiger partial charge in [0.15, 0.2) is 0 Å². The summed E-state index contributed by atoms with van der Waals surface area (Å²) in [6, 6.07) is 7.69. The summed E-state index contributed by atoms with van der Waals surface area (Å²) in [5, 5.41) is 2.79. The standard InChI is InChI=1S/C15H22N2O3/c1-4-17(5-2)13-8-6-7-12(11-13)16-14(18)9-10-15(19)20-3/h6-8,11H,4-5,9-10H2,1-3H3,(H,16,18). The number of carbonyl (C=O) groups excluding carboxylic acids is 2. The van der Waals surface area contributed by atoms with Gasteiger partial charge < -0.3 is 15.0 Å². The molecule has 5 nitrogen and oxygen atoms in total. The van der Waals surface area contributed by atoms with Crippen molar-refractivity contribution in [1.29, 1.82) is 0 Å². The Hall–Kier alpha value is -2.04. The Morgan fingerprint density at radius 1 is 1.20 bits per heavy atom. The molecule has 5 heteroatoms. The first-order valence-electron chi connectivity index (χ1n) is 6.82. The maximum absolute atomic E-state index is 11.7. The maximum Gasteiger partial charge on any atom is 0.306 e. The van der Waals surface area contributed by atoms with E-state index in [4.69, 9.17) is 0 Å². The van der Waals surface area contributed by atoms with Gasteiger partial charge in [-0.15, -0.1) is 0 Å². The Bertz CT molecular complexity index is 456. The fourth-order valence-electron chi connectivity index (χ4n) is 1.91. The summed E-state index contributed by atoms with van der Waals surface area (Å²) < 4.78 is 4.50. The van der Waals surface area contributed by atoms with Gasteiger partial charge in [0.25, 0.3) is 0 Å². The molecular weight excluding hydrogens is 256 g/mol. The van der Waals surface area contributed by atoms with Crippen molar-refractivity contribution in [3.63, 3.8) is 0 Å². The predicted octanol–water partition coefficient (Wildman–Crippen LogP) is 2.42. The molecule has 0 heterocycles. The monoisotopic (exact) mass is 278 g/mol. The molecule has 0 aliphatic rings. The molecule has 0 saturated heterocycles. The van der Waals surface area contributed by atoms with Crippen molar-refractivity contribution in [3.05, 3.63) is 24.3 Å². The zero-order chi connectivity index (χ0) is 15.0. The van der Waals surface area contributed by atoms with Crippen LogP contribution in [0.3, 0.4) is 0 Å². The molecule has 0 fully saturated rings. The van der Waals surface area contributed by atoms with E-state index in [2.05, 4.69) is 28.8 Å². The van der Waals surface area contributed by atoms with Crippen molar-refractivity contribution >= 4 is 23.3 Å². The number of amides is 1. The van der Waals surface area contributed by atoms with Crippen LogP contribution >= 0.6 is 0 Å². The maximum atomic E-state index is 11.7. The highest BCUT2D eigenvalue weighted by atomic mass is 16.5. The van der Waals surface area contributed by atoms with Gasteiger partial charge in [0.2, 0.25) is 5.91 Å². The molecule has 1 aromatic rings. The third-order valence-electron chi connectivity index (χ3n) is 3.04. The highest BCUT2D eigenvalue weighted by Crippen LogP contribution is 2.19. The van der Waals surface area contributed by atoms with Gasteiger partial charge in [0.05, 0.1) is 13.5 Å². The van der Waals surface area contributed by atoms with E-state index in [1.165, 1.54) is 7.11 Å². The van der Waals surface area contributed by atoms with Crippen molar-refractivity contribution in [2.45, 2.75) is 26.7 Å². The van der Waals surface area contributed by atoms with Crippen LogP contribution in [0.25, 0.3) is 0 Å². The lowest BCUT2D eigenvalue weighted by Gasteiger charge is -2.21. The topological polar surface area (TPSA) is 58.6 Å². The van der Waals surface area contributed by atoms with Crippen LogP contribution in [-0.2, 0) is 14.3 Å². The lowest BCUT2D eigenvalue weighted by Crippen LogP contribution is -2.22. The van der Waals surface area contributed by atoms with Gasteiger partial charge in [0, 0.05) is 30.9 Å². The van der Waals surface area contributed by atoms with Crippen molar-refractivity contribution in [3.8, 4) is 0 Å². The van der Waals surface area contributed by atoms with Gasteiger partial charge >= 0.3 is 5.97 Å². The quantitative estimate of drug-likeness (QED) is 0.778. The first-order valence-corrected chi connectivity index (χ1v) is 6.82. The van der Waals surface area contributed by atoms with E-state index in [-0.39, 0.29) is 24.7 Å². The average molecular weight is 278 g/mol. The lowest BCUT2D eigenvalue weighted by molar-refractivity contribution is -0.141. The molecule has 0 aliphatic heterocycles. The summed E-state index contributed by atoms with van der Waals surface area (Å²) in [5.41, 5.74) is 1.81. The molecule has 1 aromatic carbocycles. The molecule has 0 atom stereocenters. The minimum atomic E-state index is -0.378. The second kappa shape index (κ2) is 8.19. The minimum Gasteiger partial charge on any atom is -0.469 e. The molecule has 0 radical (unpaired) electrons. The lowest BCUT2D eigenvalue weighted by atomic mass is 10.2. The SMILES string of the molecule is CCN(CC)c1cccc(NC(=O)CCC(=O)OC)c1. The Morgan fingerprint density at radius 3 is 2.50 bits per heavy atom. The third kappa shape index (κ3) is 4.91. The Labute approximate surface area is 119 Å². The summed E-state index contributed by atoms with van der Waals surface area (Å²) in [6.07, 6.45) is 0.222. The van der Waals surface area contributed by atoms with Gasteiger partial charge in [-0.25, -0.2) is 0 Å². The zero-order valence-corrected chi connectivity index (χ0v) is 12.3. The highest BCUT2D eigenvalue weighted by molar-refractivity contribution is 5.93. The summed E-state index contributed by atoms with van der Waals surface area (Å²) >= 11 is 0. The zero-order valence-electron chi connectivity index (χ0n) is 12.3. The highest BCUT2D eigenvalue weighted by Gasteiger charge is 2.08. The average Bonchev–Trinajstić information content (AvgIpc) is 2.46. The number of methoxy groups -OCH3 is 1. The molecule has 0 aliphatic carbocycles. The van der Waals surface area contributed by atoms with Crippen molar-refractivity contribution < 1.29 is 14.3 Å². The van der Waals surface area contributed by atoms with Gasteiger partial charge in [-0.05, 0) is 32.0 Å². The van der Waals surface area contributed by atoms with Gasteiger partial charge in [-0.2, -0.15) is 0 Å². The molecule has 0 aromatic heterocycles. The summed E-state index contributed by atoms with van der Waals surface area (Å²) in [6.45, 7) is 6.00. The van der Waals surface area contributed by atoms with E-state index in [1.54, 1.807) is 0 Å². The largest absolute Gasteiger partial charge is 0.469 e. The molecule has 1 N–H and O–H groups in total. The first kappa shape index (κ1) is 16.0. The predicted molar refractivity (Wildman–Crippen MR) is 79.9 cm³/mol. The fraction of sp³-hybridized carbons (Fsp3) is 0.467. The minimum absolute atomic E-state index is 0.0953. The number of benzene rings is 1. The molecule has 1 rings (SSSR count). The molecule has 0 bridgehead atoms. The van der Waals surface area contributed by atoms with E-state index in [0.29, 0.717) is 0 Å². The van der Waals surface area contributed by atoms with E-state index in [0.717, 1.165) is 24.5 Å². The molecule has 1 amide bonds. The number of rotatable bonds is 7. The number of esters is 1. The fourth-order valence-corrected chi connectivity index (χ4v) is 1.91. The van der Waals surface area contributed by atoms with Crippen molar-refractivity contribution in [1.82, 2.24) is 0 Å². The molecule has 0 saturated carbocycles. The molecule has 0 unspecified atom stereocenters. The van der Waals surface area contributed by atoms with Gasteiger partial charge in [-0.1, -0.05) is 6.07 Å². The first-order chi connectivity index (χ1) is 9.60. The van der Waals surface area contributed by atoms with Crippen molar-refractivity contribution in [2.24, 2.45) is 0 Å². The van der Waals surface area contributed by atoms with Crippen LogP contribution in [0.5, 0.6) is 0 Å². The van der Waals surface area contributed by atoms with Crippen LogP contribution < -0.4 is 10.2 Å². The van der Waals surface area contributed by atoms with Crippen LogP contribution in [0.4, 0.5) is 11.4 Å². The van der Waals surface area contributed by atoms with E-state index < -0.39 is 0 Å². The van der Waals surface area contributed by atoms with Crippen molar-refractivity contribution in [2.75, 3.05) is 30.4 Å². The summed E-state index contributed by atoms with van der Waals surface area (Å²) in [4.78, 5) is 24.9. The number of ether oxygens (including phenoxy) is 1. The summed E-state index contributed by atoms with van der Waals surface area (Å²) in [7, 11) is 1.31. The van der Waals surface area contributed by atoms with Crippen LogP contribution in [-0.4, -0.2) is 32.1 Å². The number of hydrogen-bond acceptors (Lipinski definition) is 4. The Balaban J connectivity index is 2.61. The molecule has 110 valence electrons. The second-order valence-electron chi connectivity index (χ2n) is 4.35. The number of nitrogens with zero attached hydrogens (tertiary/aromatic N) is 1. The van der Waals surface area contributed by atoms with E-state index in [1.807, 2.05) is 24.3 Å². The number of carbonyl (C=O) groups is 2. The van der Waals surface area contributed by atoms with E-state index >= 15 is 0 Å². The van der Waals surface area contributed by atoms with Crippen LogP contribution in [0.2, 0.25) is 0 Å². The van der Waals surface area contributed by atoms with Gasteiger partial charge in [-0.3, -0.25) is 9.59 Å². The molecule has 20 heavy (non-hydrogen) atoms. The molecule has 0 spiro atoms. The van der Waals surface area contributed by atoms with Crippen LogP contribution in [0, 0.1) is 0 Å². The summed E-state index contributed by atoms with van der Waals surface area (Å²) in [5.74, 6) is -0.566. The Kier molecular flexibility index (Phi) is 6.56. The van der Waals surface area contributed by atoms with Gasteiger partial charge in [0.1, 0.15) is 0 Å².